The lowest BCUT2D eigenvalue weighted by Gasteiger charge is -2.31. The summed E-state index contributed by atoms with van der Waals surface area (Å²) in [5.41, 5.74) is 0.789. The van der Waals surface area contributed by atoms with Crippen molar-refractivity contribution in [3.8, 4) is 0 Å². The number of ether oxygens (including phenoxy) is 1. The first-order valence-electron chi connectivity index (χ1n) is 9.52. The molecule has 0 radical (unpaired) electrons. The molecule has 144 valence electrons. The molecule has 0 aromatic heterocycles. The molecule has 3 amide bonds. The molecule has 1 saturated heterocycles. The smallest absolute Gasteiger partial charge is 0.321 e. The number of amides is 3. The van der Waals surface area contributed by atoms with Gasteiger partial charge < -0.3 is 20.3 Å². The average molecular weight is 361 g/mol. The van der Waals surface area contributed by atoms with Crippen LogP contribution in [0.5, 0.6) is 0 Å². The normalized spacial score (nSPS) is 15.1. The lowest BCUT2D eigenvalue weighted by atomic mass is 9.96. The summed E-state index contributed by atoms with van der Waals surface area (Å²) in [6.07, 6.45) is 2.24. The summed E-state index contributed by atoms with van der Waals surface area (Å²) in [5.74, 6) is 0.623. The number of carbonyl (C=O) groups is 2. The van der Waals surface area contributed by atoms with Gasteiger partial charge in [-0.1, -0.05) is 32.0 Å². The number of hydrogen-bond donors (Lipinski definition) is 2. The molecule has 0 aliphatic carbocycles. The van der Waals surface area contributed by atoms with Crippen molar-refractivity contribution < 1.29 is 14.3 Å². The van der Waals surface area contributed by atoms with E-state index >= 15 is 0 Å². The Balaban J connectivity index is 1.61. The van der Waals surface area contributed by atoms with Crippen molar-refractivity contribution in [2.75, 3.05) is 38.2 Å². The topological polar surface area (TPSA) is 70.7 Å². The van der Waals surface area contributed by atoms with Gasteiger partial charge in [-0.05, 0) is 37.3 Å². The van der Waals surface area contributed by atoms with Gasteiger partial charge in [-0.25, -0.2) is 4.79 Å². The molecule has 6 nitrogen and oxygen atoms in total. The number of hydrogen-bond acceptors (Lipinski definition) is 3. The molecule has 26 heavy (non-hydrogen) atoms. The quantitative estimate of drug-likeness (QED) is 0.699. The van der Waals surface area contributed by atoms with Gasteiger partial charge in [0.15, 0.2) is 0 Å². The lowest BCUT2D eigenvalue weighted by molar-refractivity contribution is -0.126. The second-order valence-electron chi connectivity index (χ2n) is 7.17. The van der Waals surface area contributed by atoms with Crippen LogP contribution in [0.2, 0.25) is 0 Å². The molecule has 2 N–H and O–H groups in total. The standard InChI is InChI=1S/C20H31N3O3/c1-16(2)15-26-14-6-11-21-19(24)17-9-12-23(13-10-17)20(25)22-18-7-4-3-5-8-18/h3-5,7-8,16-17H,6,9-15H2,1-2H3,(H,21,24)(H,22,25). The number of anilines is 1. The highest BCUT2D eigenvalue weighted by Crippen LogP contribution is 2.18. The number of likely N-dealkylation sites (tertiary alicyclic amines) is 1. The van der Waals surface area contributed by atoms with Gasteiger partial charge in [0.2, 0.25) is 5.91 Å². The van der Waals surface area contributed by atoms with E-state index in [9.17, 15) is 9.59 Å². The maximum Gasteiger partial charge on any atom is 0.321 e. The summed E-state index contributed by atoms with van der Waals surface area (Å²) in [4.78, 5) is 26.3. The van der Waals surface area contributed by atoms with Gasteiger partial charge in [0.05, 0.1) is 0 Å². The lowest BCUT2D eigenvalue weighted by Crippen LogP contribution is -2.44. The number of benzene rings is 1. The Morgan fingerprint density at radius 1 is 1.19 bits per heavy atom. The van der Waals surface area contributed by atoms with Crippen molar-refractivity contribution in [3.05, 3.63) is 30.3 Å². The maximum absolute atomic E-state index is 12.3. The van der Waals surface area contributed by atoms with Crippen LogP contribution in [0.1, 0.15) is 33.1 Å². The zero-order valence-corrected chi connectivity index (χ0v) is 15.9. The summed E-state index contributed by atoms with van der Waals surface area (Å²) in [6, 6.07) is 9.32. The third-order valence-electron chi connectivity index (χ3n) is 4.39. The fourth-order valence-corrected chi connectivity index (χ4v) is 2.92. The molecule has 1 aromatic carbocycles. The van der Waals surface area contributed by atoms with Crippen molar-refractivity contribution >= 4 is 17.6 Å². The Hall–Kier alpha value is -2.08. The number of nitrogens with zero attached hydrogens (tertiary/aromatic N) is 1. The highest BCUT2D eigenvalue weighted by molar-refractivity contribution is 5.89. The number of carbonyl (C=O) groups excluding carboxylic acids is 2. The highest BCUT2D eigenvalue weighted by Gasteiger charge is 2.27. The predicted molar refractivity (Wildman–Crippen MR) is 103 cm³/mol. The number of piperidine rings is 1. The van der Waals surface area contributed by atoms with Crippen LogP contribution in [0.4, 0.5) is 10.5 Å². The van der Waals surface area contributed by atoms with E-state index in [0.29, 0.717) is 45.0 Å². The molecule has 0 bridgehead atoms. The van der Waals surface area contributed by atoms with E-state index in [1.54, 1.807) is 4.90 Å². The average Bonchev–Trinajstić information content (AvgIpc) is 2.65. The van der Waals surface area contributed by atoms with Crippen LogP contribution in [0, 0.1) is 11.8 Å². The van der Waals surface area contributed by atoms with Crippen LogP contribution in [0.25, 0.3) is 0 Å². The van der Waals surface area contributed by atoms with Gasteiger partial charge in [0, 0.05) is 44.5 Å². The molecule has 1 fully saturated rings. The van der Waals surface area contributed by atoms with Crippen LogP contribution < -0.4 is 10.6 Å². The third-order valence-corrected chi connectivity index (χ3v) is 4.39. The van der Waals surface area contributed by atoms with Crippen molar-refractivity contribution in [3.63, 3.8) is 0 Å². The van der Waals surface area contributed by atoms with E-state index in [2.05, 4.69) is 24.5 Å². The third kappa shape index (κ3) is 7.04. The number of nitrogens with one attached hydrogen (secondary N) is 2. The van der Waals surface area contributed by atoms with Crippen LogP contribution in [-0.4, -0.2) is 49.7 Å². The first kappa shape index (κ1) is 20.2. The van der Waals surface area contributed by atoms with Crippen LogP contribution >= 0.6 is 0 Å². The molecule has 1 aromatic rings. The van der Waals surface area contributed by atoms with Crippen molar-refractivity contribution in [1.82, 2.24) is 10.2 Å². The van der Waals surface area contributed by atoms with Crippen molar-refractivity contribution in [2.24, 2.45) is 11.8 Å². The Bertz CT molecular complexity index is 555. The van der Waals surface area contributed by atoms with E-state index < -0.39 is 0 Å². The number of rotatable bonds is 8. The predicted octanol–water partition coefficient (Wildman–Crippen LogP) is 3.11. The molecule has 0 saturated carbocycles. The minimum absolute atomic E-state index is 0.00708. The number of urea groups is 1. The monoisotopic (exact) mass is 361 g/mol. The zero-order valence-electron chi connectivity index (χ0n) is 15.9. The van der Waals surface area contributed by atoms with Gasteiger partial charge >= 0.3 is 6.03 Å². The molecule has 1 heterocycles. The van der Waals surface area contributed by atoms with Crippen molar-refractivity contribution in [1.29, 1.82) is 0 Å². The first-order valence-corrected chi connectivity index (χ1v) is 9.52. The Kier molecular flexibility index (Phi) is 8.41. The largest absolute Gasteiger partial charge is 0.381 e. The SMILES string of the molecule is CC(C)COCCCNC(=O)C1CCN(C(=O)Nc2ccccc2)CC1. The molecular weight excluding hydrogens is 330 g/mol. The summed E-state index contributed by atoms with van der Waals surface area (Å²) >= 11 is 0. The maximum atomic E-state index is 12.3. The Morgan fingerprint density at radius 2 is 1.88 bits per heavy atom. The second-order valence-corrected chi connectivity index (χ2v) is 7.17. The van der Waals surface area contributed by atoms with Gasteiger partial charge in [-0.15, -0.1) is 0 Å². The van der Waals surface area contributed by atoms with Gasteiger partial charge in [-0.3, -0.25) is 4.79 Å². The summed E-state index contributed by atoms with van der Waals surface area (Å²) < 4.78 is 5.51. The van der Waals surface area contributed by atoms with Crippen molar-refractivity contribution in [2.45, 2.75) is 33.1 Å². The molecule has 2 rings (SSSR count). The fourth-order valence-electron chi connectivity index (χ4n) is 2.92. The zero-order chi connectivity index (χ0) is 18.8. The molecule has 0 spiro atoms. The molecule has 0 atom stereocenters. The Morgan fingerprint density at radius 3 is 2.54 bits per heavy atom. The van der Waals surface area contributed by atoms with Gasteiger partial charge in [0.1, 0.15) is 0 Å². The molecule has 1 aliphatic heterocycles. The highest BCUT2D eigenvalue weighted by atomic mass is 16.5. The Labute approximate surface area is 156 Å². The molecule has 1 aliphatic rings. The van der Waals surface area contributed by atoms with Crippen LogP contribution in [0.15, 0.2) is 30.3 Å². The van der Waals surface area contributed by atoms with E-state index in [1.165, 1.54) is 0 Å². The van der Waals surface area contributed by atoms with Gasteiger partial charge in [0.25, 0.3) is 0 Å². The molecular formula is C20H31N3O3. The van der Waals surface area contributed by atoms with Crippen LogP contribution in [0.3, 0.4) is 0 Å². The molecule has 6 heteroatoms. The van der Waals surface area contributed by atoms with E-state index in [0.717, 1.165) is 18.7 Å². The number of para-hydroxylation sites is 1. The van der Waals surface area contributed by atoms with E-state index in [4.69, 9.17) is 4.74 Å². The second kappa shape index (κ2) is 10.8. The fraction of sp³-hybridized carbons (Fsp3) is 0.600. The summed E-state index contributed by atoms with van der Waals surface area (Å²) in [6.45, 7) is 7.53. The minimum Gasteiger partial charge on any atom is -0.381 e. The summed E-state index contributed by atoms with van der Waals surface area (Å²) in [7, 11) is 0. The van der Waals surface area contributed by atoms with E-state index in [-0.39, 0.29) is 17.9 Å². The van der Waals surface area contributed by atoms with Crippen LogP contribution in [-0.2, 0) is 9.53 Å². The minimum atomic E-state index is -0.0997. The van der Waals surface area contributed by atoms with E-state index in [1.807, 2.05) is 30.3 Å². The first-order chi connectivity index (χ1) is 12.6. The van der Waals surface area contributed by atoms with Gasteiger partial charge in [-0.2, -0.15) is 0 Å². The summed E-state index contributed by atoms with van der Waals surface area (Å²) in [5, 5.41) is 5.88. The molecule has 0 unspecified atom stereocenters.